The highest BCUT2D eigenvalue weighted by Gasteiger charge is 2.27. The first kappa shape index (κ1) is 19.1. The lowest BCUT2D eigenvalue weighted by atomic mass is 9.91. The van der Waals surface area contributed by atoms with Gasteiger partial charge < -0.3 is 9.47 Å². The van der Waals surface area contributed by atoms with Crippen LogP contribution in [0.15, 0.2) is 72.8 Å². The maximum Gasteiger partial charge on any atom is 0.229 e. The number of benzene rings is 3. The van der Waals surface area contributed by atoms with Crippen LogP contribution in [0.3, 0.4) is 0 Å². The lowest BCUT2D eigenvalue weighted by Gasteiger charge is -2.28. The van der Waals surface area contributed by atoms with Gasteiger partial charge in [-0.3, -0.25) is 4.72 Å². The molecule has 4 rings (SSSR count). The van der Waals surface area contributed by atoms with E-state index in [1.54, 1.807) is 13.2 Å². The second-order valence-electron chi connectivity index (χ2n) is 6.82. The Bertz CT molecular complexity index is 1170. The zero-order chi connectivity index (χ0) is 20.4. The van der Waals surface area contributed by atoms with Crippen LogP contribution in [0.4, 0.5) is 5.69 Å². The number of rotatable bonds is 5. The van der Waals surface area contributed by atoms with Gasteiger partial charge in [0, 0.05) is 11.3 Å². The molecule has 0 aliphatic carbocycles. The van der Waals surface area contributed by atoms with Crippen molar-refractivity contribution in [2.24, 2.45) is 0 Å². The summed E-state index contributed by atoms with van der Waals surface area (Å²) in [6.45, 7) is 0. The first-order chi connectivity index (χ1) is 13.9. The molecule has 1 aliphatic heterocycles. The molecule has 1 atom stereocenters. The van der Waals surface area contributed by atoms with Crippen molar-refractivity contribution in [1.82, 2.24) is 0 Å². The quantitative estimate of drug-likeness (QED) is 0.655. The van der Waals surface area contributed by atoms with Gasteiger partial charge in [-0.1, -0.05) is 48.5 Å². The van der Waals surface area contributed by atoms with E-state index >= 15 is 0 Å². The number of nitrogens with one attached hydrogen (secondary N) is 1. The molecule has 0 radical (unpaired) electrons. The minimum absolute atomic E-state index is 0.369. The molecule has 1 aliphatic rings. The third kappa shape index (κ3) is 4.12. The van der Waals surface area contributed by atoms with Gasteiger partial charge in [-0.05, 0) is 41.5 Å². The standard InChI is InChI=1S/C23H21NO4S/c1-27-21-9-6-10-22-23(21)18-13-12-17(24-29(2,25)26)15-19(18)20(28-22)14-11-16-7-4-3-5-8-16/h3-15,20,24H,1-2H3/b14-11+. The maximum absolute atomic E-state index is 11.7. The van der Waals surface area contributed by atoms with Crippen LogP contribution >= 0.6 is 0 Å². The van der Waals surface area contributed by atoms with Gasteiger partial charge in [0.2, 0.25) is 10.0 Å². The Labute approximate surface area is 170 Å². The molecule has 0 saturated carbocycles. The first-order valence-electron chi connectivity index (χ1n) is 9.13. The average molecular weight is 407 g/mol. The van der Waals surface area contributed by atoms with Gasteiger partial charge in [0.15, 0.2) is 0 Å². The van der Waals surface area contributed by atoms with Crippen LogP contribution in [0.5, 0.6) is 11.5 Å². The summed E-state index contributed by atoms with van der Waals surface area (Å²) in [6, 6.07) is 21.1. The molecule has 0 amide bonds. The smallest absolute Gasteiger partial charge is 0.229 e. The molecule has 0 fully saturated rings. The van der Waals surface area contributed by atoms with Crippen LogP contribution in [-0.2, 0) is 10.0 Å². The van der Waals surface area contributed by atoms with Crippen molar-refractivity contribution in [3.8, 4) is 22.6 Å². The fourth-order valence-corrected chi connectivity index (χ4v) is 4.01. The summed E-state index contributed by atoms with van der Waals surface area (Å²) in [5, 5.41) is 0. The maximum atomic E-state index is 11.7. The van der Waals surface area contributed by atoms with E-state index in [-0.39, 0.29) is 6.10 Å². The van der Waals surface area contributed by atoms with E-state index in [1.165, 1.54) is 0 Å². The largest absolute Gasteiger partial charge is 0.496 e. The molecular weight excluding hydrogens is 386 g/mol. The molecule has 148 valence electrons. The zero-order valence-corrected chi connectivity index (χ0v) is 16.9. The summed E-state index contributed by atoms with van der Waals surface area (Å²) in [6.07, 6.45) is 4.73. The van der Waals surface area contributed by atoms with Crippen molar-refractivity contribution in [2.75, 3.05) is 18.1 Å². The minimum Gasteiger partial charge on any atom is -0.496 e. The minimum atomic E-state index is -3.38. The molecule has 5 nitrogen and oxygen atoms in total. The average Bonchev–Trinajstić information content (AvgIpc) is 2.71. The van der Waals surface area contributed by atoms with E-state index in [4.69, 9.17) is 9.47 Å². The van der Waals surface area contributed by atoms with Crippen LogP contribution in [0.1, 0.15) is 17.2 Å². The Morgan fingerprint density at radius 1 is 1.03 bits per heavy atom. The van der Waals surface area contributed by atoms with E-state index in [0.717, 1.165) is 34.3 Å². The SMILES string of the molecule is COc1cccc2c1-c1ccc(NS(C)(=O)=O)cc1C(/C=C/c1ccccc1)O2. The van der Waals surface area contributed by atoms with Crippen LogP contribution in [0, 0.1) is 0 Å². The summed E-state index contributed by atoms with van der Waals surface area (Å²) >= 11 is 0. The normalized spacial score (nSPS) is 15.3. The molecule has 3 aromatic carbocycles. The summed E-state index contributed by atoms with van der Waals surface area (Å²) in [5.74, 6) is 1.43. The van der Waals surface area contributed by atoms with Gasteiger partial charge in [0.1, 0.15) is 17.6 Å². The van der Waals surface area contributed by atoms with Crippen molar-refractivity contribution >= 4 is 21.8 Å². The van der Waals surface area contributed by atoms with E-state index < -0.39 is 10.0 Å². The molecule has 6 heteroatoms. The van der Waals surface area contributed by atoms with Gasteiger partial charge in [-0.15, -0.1) is 0 Å². The molecule has 1 heterocycles. The molecule has 1 N–H and O–H groups in total. The number of methoxy groups -OCH3 is 1. The van der Waals surface area contributed by atoms with Gasteiger partial charge in [-0.25, -0.2) is 8.42 Å². The Kier molecular flexibility index (Phi) is 5.03. The van der Waals surface area contributed by atoms with Gasteiger partial charge in [0.05, 0.1) is 18.9 Å². The summed E-state index contributed by atoms with van der Waals surface area (Å²) < 4.78 is 37.7. The number of fused-ring (bicyclic) bond motifs is 3. The van der Waals surface area contributed by atoms with Crippen LogP contribution < -0.4 is 14.2 Å². The van der Waals surface area contributed by atoms with E-state index in [9.17, 15) is 8.42 Å². The Balaban J connectivity index is 1.82. The second kappa shape index (κ2) is 7.64. The van der Waals surface area contributed by atoms with Crippen molar-refractivity contribution in [3.05, 3.63) is 83.9 Å². The lowest BCUT2D eigenvalue weighted by molar-refractivity contribution is 0.251. The van der Waals surface area contributed by atoms with Crippen LogP contribution in [0.25, 0.3) is 17.2 Å². The Hall–Kier alpha value is -3.25. The van der Waals surface area contributed by atoms with Gasteiger partial charge in [-0.2, -0.15) is 0 Å². The predicted molar refractivity (Wildman–Crippen MR) is 116 cm³/mol. The van der Waals surface area contributed by atoms with Gasteiger partial charge >= 0.3 is 0 Å². The molecule has 0 aromatic heterocycles. The van der Waals surface area contributed by atoms with Gasteiger partial charge in [0.25, 0.3) is 0 Å². The lowest BCUT2D eigenvalue weighted by Crippen LogP contribution is -2.15. The fraction of sp³-hybridized carbons (Fsp3) is 0.130. The van der Waals surface area contributed by atoms with Crippen molar-refractivity contribution in [1.29, 1.82) is 0 Å². The molecule has 29 heavy (non-hydrogen) atoms. The Morgan fingerprint density at radius 2 is 1.83 bits per heavy atom. The topological polar surface area (TPSA) is 64.6 Å². The predicted octanol–water partition coefficient (Wildman–Crippen LogP) is 4.88. The second-order valence-corrected chi connectivity index (χ2v) is 8.57. The van der Waals surface area contributed by atoms with Crippen molar-refractivity contribution in [2.45, 2.75) is 6.10 Å². The zero-order valence-electron chi connectivity index (χ0n) is 16.1. The molecule has 0 bridgehead atoms. The summed E-state index contributed by atoms with van der Waals surface area (Å²) in [7, 11) is -1.76. The number of hydrogen-bond acceptors (Lipinski definition) is 4. The highest BCUT2D eigenvalue weighted by molar-refractivity contribution is 7.92. The highest BCUT2D eigenvalue weighted by Crippen LogP contribution is 2.48. The number of anilines is 1. The molecule has 0 spiro atoms. The van der Waals surface area contributed by atoms with Crippen molar-refractivity contribution in [3.63, 3.8) is 0 Å². The van der Waals surface area contributed by atoms with E-state index in [0.29, 0.717) is 11.4 Å². The summed E-state index contributed by atoms with van der Waals surface area (Å²) in [4.78, 5) is 0. The van der Waals surface area contributed by atoms with E-state index in [1.807, 2.05) is 72.8 Å². The molecule has 3 aromatic rings. The first-order valence-corrected chi connectivity index (χ1v) is 11.0. The Morgan fingerprint density at radius 3 is 2.55 bits per heavy atom. The monoisotopic (exact) mass is 407 g/mol. The molecular formula is C23H21NO4S. The number of ether oxygens (including phenoxy) is 2. The number of hydrogen-bond donors (Lipinski definition) is 1. The molecule has 0 saturated heterocycles. The fourth-order valence-electron chi connectivity index (χ4n) is 3.45. The highest BCUT2D eigenvalue weighted by atomic mass is 32.2. The summed E-state index contributed by atoms with van der Waals surface area (Å²) in [5.41, 5.74) is 4.22. The van der Waals surface area contributed by atoms with Crippen molar-refractivity contribution < 1.29 is 17.9 Å². The van der Waals surface area contributed by atoms with E-state index in [2.05, 4.69) is 4.72 Å². The third-order valence-corrected chi connectivity index (χ3v) is 5.26. The van der Waals surface area contributed by atoms with Crippen LogP contribution in [-0.4, -0.2) is 21.8 Å². The number of sulfonamides is 1. The molecule has 1 unspecified atom stereocenters. The third-order valence-electron chi connectivity index (χ3n) is 4.66. The van der Waals surface area contributed by atoms with Crippen LogP contribution in [0.2, 0.25) is 0 Å².